The highest BCUT2D eigenvalue weighted by molar-refractivity contribution is 7.90. The Morgan fingerprint density at radius 2 is 1.81 bits per heavy atom. The summed E-state index contributed by atoms with van der Waals surface area (Å²) in [5, 5.41) is 0. The van der Waals surface area contributed by atoms with E-state index in [1.54, 1.807) is 42.5 Å². The zero-order valence-electron chi connectivity index (χ0n) is 10.8. The van der Waals surface area contributed by atoms with Gasteiger partial charge >= 0.3 is 6.03 Å². The number of carbonyl (C=O) groups is 1. The van der Waals surface area contributed by atoms with Crippen LogP contribution in [0.2, 0.25) is 0 Å². The third kappa shape index (κ3) is 2.07. The molecule has 1 aliphatic rings. The van der Waals surface area contributed by atoms with E-state index in [1.165, 1.54) is 12.3 Å². The van der Waals surface area contributed by atoms with Crippen LogP contribution in [0.3, 0.4) is 0 Å². The number of aromatic nitrogens is 1. The number of carbonyl (C=O) groups excluding carboxylic acids is 1. The van der Waals surface area contributed by atoms with E-state index >= 15 is 0 Å². The molecule has 106 valence electrons. The van der Waals surface area contributed by atoms with E-state index in [0.29, 0.717) is 15.6 Å². The van der Waals surface area contributed by atoms with Gasteiger partial charge in [0.2, 0.25) is 0 Å². The van der Waals surface area contributed by atoms with Crippen LogP contribution in [0.1, 0.15) is 11.3 Å². The highest BCUT2D eigenvalue weighted by atomic mass is 32.2. The maximum atomic E-state index is 12.6. The molecule has 1 aromatic carbocycles. The summed E-state index contributed by atoms with van der Waals surface area (Å²) in [6.07, 6.45) is 3.10. The molecule has 0 atom stereocenters. The number of benzene rings is 1. The number of nitrogens with two attached hydrogens (primary N) is 1. The Hall–Kier alpha value is -2.67. The van der Waals surface area contributed by atoms with Gasteiger partial charge in [-0.05, 0) is 29.8 Å². The molecule has 2 heterocycles. The first-order valence-corrected chi connectivity index (χ1v) is 7.53. The predicted octanol–water partition coefficient (Wildman–Crippen LogP) is 1.66. The number of hydrogen-bond donors (Lipinski definition) is 1. The van der Waals surface area contributed by atoms with E-state index in [9.17, 15) is 13.2 Å². The van der Waals surface area contributed by atoms with Gasteiger partial charge in [0.05, 0.1) is 16.3 Å². The number of sulfonamides is 1. The fraction of sp³-hybridized carbons (Fsp3) is 0. The number of pyridine rings is 1. The first-order valence-electron chi connectivity index (χ1n) is 6.09. The van der Waals surface area contributed by atoms with Crippen LogP contribution < -0.4 is 5.73 Å². The minimum Gasteiger partial charge on any atom is -0.350 e. The quantitative estimate of drug-likeness (QED) is 0.866. The summed E-state index contributed by atoms with van der Waals surface area (Å²) in [7, 11) is -4.03. The van der Waals surface area contributed by atoms with Gasteiger partial charge in [-0.1, -0.05) is 24.3 Å². The minimum atomic E-state index is -4.03. The van der Waals surface area contributed by atoms with Gasteiger partial charge in [0, 0.05) is 6.20 Å². The lowest BCUT2D eigenvalue weighted by molar-refractivity contribution is 0.241. The number of urea groups is 1. The minimum absolute atomic E-state index is 0.0449. The smallest absolute Gasteiger partial charge is 0.333 e. The summed E-state index contributed by atoms with van der Waals surface area (Å²) in [6, 6.07) is 10.4. The van der Waals surface area contributed by atoms with E-state index in [-0.39, 0.29) is 10.6 Å². The third-order valence-electron chi connectivity index (χ3n) is 3.08. The molecule has 0 fully saturated rings. The van der Waals surface area contributed by atoms with Gasteiger partial charge in [-0.15, -0.1) is 0 Å². The molecule has 1 aliphatic heterocycles. The Kier molecular flexibility index (Phi) is 2.99. The zero-order valence-corrected chi connectivity index (χ0v) is 11.6. The Labute approximate surface area is 121 Å². The molecule has 0 bridgehead atoms. The van der Waals surface area contributed by atoms with E-state index in [4.69, 9.17) is 5.73 Å². The number of amides is 2. The van der Waals surface area contributed by atoms with Crippen molar-refractivity contribution in [3.05, 3.63) is 59.9 Å². The Morgan fingerprint density at radius 1 is 1.10 bits per heavy atom. The van der Waals surface area contributed by atoms with Crippen molar-refractivity contribution in [3.63, 3.8) is 0 Å². The Balaban J connectivity index is 2.32. The van der Waals surface area contributed by atoms with Crippen molar-refractivity contribution in [2.75, 3.05) is 0 Å². The summed E-state index contributed by atoms with van der Waals surface area (Å²) in [5.41, 5.74) is 6.26. The predicted molar refractivity (Wildman–Crippen MR) is 77.2 cm³/mol. The van der Waals surface area contributed by atoms with Gasteiger partial charge in [-0.2, -0.15) is 4.31 Å². The standard InChI is InChI=1S/C14H11N3O3S/c15-14(18)17-12(11-6-3-4-8-16-11)9-10-5-1-2-7-13(10)21(17,19)20/h1-9H,(H2,15,18). The van der Waals surface area contributed by atoms with Crippen LogP contribution in [0.25, 0.3) is 11.8 Å². The van der Waals surface area contributed by atoms with Crippen molar-refractivity contribution in [3.8, 4) is 0 Å². The van der Waals surface area contributed by atoms with E-state index < -0.39 is 16.1 Å². The average molecular weight is 301 g/mol. The fourth-order valence-corrected chi connectivity index (χ4v) is 3.71. The van der Waals surface area contributed by atoms with Crippen LogP contribution in [0, 0.1) is 0 Å². The van der Waals surface area contributed by atoms with Gasteiger partial charge in [0.15, 0.2) is 0 Å². The number of rotatable bonds is 1. The van der Waals surface area contributed by atoms with Gasteiger partial charge in [0.25, 0.3) is 10.0 Å². The maximum absolute atomic E-state index is 12.6. The number of hydrogen-bond acceptors (Lipinski definition) is 4. The topological polar surface area (TPSA) is 93.4 Å². The fourth-order valence-electron chi connectivity index (χ4n) is 2.20. The van der Waals surface area contributed by atoms with Crippen LogP contribution in [0.5, 0.6) is 0 Å². The summed E-state index contributed by atoms with van der Waals surface area (Å²) >= 11 is 0. The molecular weight excluding hydrogens is 290 g/mol. The second kappa shape index (κ2) is 4.71. The monoisotopic (exact) mass is 301 g/mol. The highest BCUT2D eigenvalue weighted by Gasteiger charge is 2.37. The normalized spacial score (nSPS) is 16.0. The summed E-state index contributed by atoms with van der Waals surface area (Å²) in [5.74, 6) is 0. The molecule has 6 nitrogen and oxygen atoms in total. The van der Waals surface area contributed by atoms with Crippen LogP contribution in [-0.4, -0.2) is 23.7 Å². The van der Waals surface area contributed by atoms with Crippen molar-refractivity contribution >= 4 is 27.8 Å². The highest BCUT2D eigenvalue weighted by Crippen LogP contribution is 2.34. The van der Waals surface area contributed by atoms with E-state index in [0.717, 1.165) is 0 Å². The Morgan fingerprint density at radius 3 is 2.48 bits per heavy atom. The molecule has 0 spiro atoms. The lowest BCUT2D eigenvalue weighted by Crippen LogP contribution is -2.41. The van der Waals surface area contributed by atoms with Gasteiger partial charge < -0.3 is 5.73 Å². The van der Waals surface area contributed by atoms with Crippen molar-refractivity contribution in [1.29, 1.82) is 0 Å². The zero-order chi connectivity index (χ0) is 15.0. The van der Waals surface area contributed by atoms with Crippen molar-refractivity contribution in [2.45, 2.75) is 4.90 Å². The van der Waals surface area contributed by atoms with Gasteiger partial charge in [-0.3, -0.25) is 4.98 Å². The molecule has 7 heteroatoms. The molecular formula is C14H11N3O3S. The number of nitrogens with zero attached hydrogens (tertiary/aromatic N) is 2. The average Bonchev–Trinajstić information content (AvgIpc) is 2.47. The van der Waals surface area contributed by atoms with E-state index in [1.807, 2.05) is 0 Å². The van der Waals surface area contributed by atoms with Crippen LogP contribution >= 0.6 is 0 Å². The second-order valence-electron chi connectivity index (χ2n) is 4.39. The van der Waals surface area contributed by atoms with Crippen LogP contribution in [0.15, 0.2) is 53.6 Å². The number of primary amides is 1. The summed E-state index contributed by atoms with van der Waals surface area (Å²) in [6.45, 7) is 0. The molecule has 0 aliphatic carbocycles. The molecule has 3 rings (SSSR count). The molecule has 2 N–H and O–H groups in total. The first-order chi connectivity index (χ1) is 10.0. The molecule has 0 saturated carbocycles. The summed E-state index contributed by atoms with van der Waals surface area (Å²) in [4.78, 5) is 15.8. The molecule has 0 saturated heterocycles. The third-order valence-corrected chi connectivity index (χ3v) is 4.86. The van der Waals surface area contributed by atoms with Gasteiger partial charge in [0.1, 0.15) is 0 Å². The molecule has 21 heavy (non-hydrogen) atoms. The molecule has 2 amide bonds. The van der Waals surface area contributed by atoms with E-state index in [2.05, 4.69) is 4.98 Å². The van der Waals surface area contributed by atoms with Crippen molar-refractivity contribution < 1.29 is 13.2 Å². The number of fused-ring (bicyclic) bond motifs is 1. The molecule has 1 aromatic heterocycles. The maximum Gasteiger partial charge on any atom is 0.333 e. The van der Waals surface area contributed by atoms with Crippen LogP contribution in [0.4, 0.5) is 4.79 Å². The largest absolute Gasteiger partial charge is 0.350 e. The van der Waals surface area contributed by atoms with Crippen molar-refractivity contribution in [1.82, 2.24) is 9.29 Å². The van der Waals surface area contributed by atoms with Crippen LogP contribution in [-0.2, 0) is 10.0 Å². The molecule has 2 aromatic rings. The Bertz CT molecular complexity index is 845. The second-order valence-corrected chi connectivity index (χ2v) is 6.15. The SMILES string of the molecule is NC(=O)N1C(c2ccccn2)=Cc2ccccc2S1(=O)=O. The summed E-state index contributed by atoms with van der Waals surface area (Å²) < 4.78 is 25.8. The molecule has 0 unspecified atom stereocenters. The lowest BCUT2D eigenvalue weighted by atomic mass is 10.1. The van der Waals surface area contributed by atoms with Crippen molar-refractivity contribution in [2.24, 2.45) is 5.73 Å². The van der Waals surface area contributed by atoms with Gasteiger partial charge in [-0.25, -0.2) is 13.2 Å². The first kappa shape index (κ1) is 13.3. The lowest BCUT2D eigenvalue weighted by Gasteiger charge is -2.27. The molecule has 0 radical (unpaired) electrons.